The summed E-state index contributed by atoms with van der Waals surface area (Å²) in [6, 6.07) is 0. The molecule has 0 fully saturated rings. The lowest BCUT2D eigenvalue weighted by Gasteiger charge is -2.29. The Balaban J connectivity index is 3.89. The summed E-state index contributed by atoms with van der Waals surface area (Å²) in [5, 5.41) is 9.76. The lowest BCUT2D eigenvalue weighted by Crippen LogP contribution is -2.39. The second-order valence-electron chi connectivity index (χ2n) is 6.15. The highest BCUT2D eigenvalue weighted by Crippen LogP contribution is 2.20. The van der Waals surface area contributed by atoms with Gasteiger partial charge in [0.2, 0.25) is 0 Å². The fourth-order valence-corrected chi connectivity index (χ4v) is 1.78. The zero-order chi connectivity index (χ0) is 12.8. The Kier molecular flexibility index (Phi) is 6.53. The molecule has 16 heavy (non-hydrogen) atoms. The quantitative estimate of drug-likeness (QED) is 0.669. The molecule has 0 spiro atoms. The normalized spacial score (nSPS) is 13.5. The standard InChI is InChI=1S/C13H30N2O/c1-6-15(11-13(4,5)16)9-7-8-12(2,3)10-14/h16H,6-11,14H2,1-5H3. The lowest BCUT2D eigenvalue weighted by molar-refractivity contribution is 0.0366. The van der Waals surface area contributed by atoms with Gasteiger partial charge in [-0.05, 0) is 51.7 Å². The third-order valence-electron chi connectivity index (χ3n) is 2.94. The van der Waals surface area contributed by atoms with Crippen LogP contribution in [-0.2, 0) is 0 Å². The van der Waals surface area contributed by atoms with Crippen molar-refractivity contribution in [2.24, 2.45) is 11.1 Å². The Morgan fingerprint density at radius 2 is 1.75 bits per heavy atom. The predicted octanol–water partition coefficient (Wildman–Crippen LogP) is 1.84. The fraction of sp³-hybridized carbons (Fsp3) is 1.00. The van der Waals surface area contributed by atoms with Crippen LogP contribution in [0.4, 0.5) is 0 Å². The van der Waals surface area contributed by atoms with Gasteiger partial charge >= 0.3 is 0 Å². The van der Waals surface area contributed by atoms with Crippen LogP contribution in [0.2, 0.25) is 0 Å². The molecular formula is C13H30N2O. The maximum absolute atomic E-state index is 9.76. The van der Waals surface area contributed by atoms with E-state index in [0.717, 1.165) is 39.0 Å². The van der Waals surface area contributed by atoms with Gasteiger partial charge in [-0.3, -0.25) is 0 Å². The second-order valence-corrected chi connectivity index (χ2v) is 6.15. The van der Waals surface area contributed by atoms with E-state index in [-0.39, 0.29) is 5.41 Å². The largest absolute Gasteiger partial charge is 0.389 e. The van der Waals surface area contributed by atoms with E-state index in [1.165, 1.54) is 0 Å². The zero-order valence-corrected chi connectivity index (χ0v) is 11.7. The highest BCUT2D eigenvalue weighted by molar-refractivity contribution is 4.73. The summed E-state index contributed by atoms with van der Waals surface area (Å²) in [5.74, 6) is 0. The molecule has 0 bridgehead atoms. The number of nitrogens with zero attached hydrogens (tertiary/aromatic N) is 1. The smallest absolute Gasteiger partial charge is 0.0718 e. The van der Waals surface area contributed by atoms with Crippen molar-refractivity contribution in [2.45, 2.75) is 53.1 Å². The molecule has 3 heteroatoms. The highest BCUT2D eigenvalue weighted by Gasteiger charge is 2.19. The first-order valence-electron chi connectivity index (χ1n) is 6.35. The molecule has 0 heterocycles. The minimum atomic E-state index is -0.598. The van der Waals surface area contributed by atoms with Crippen LogP contribution in [0.25, 0.3) is 0 Å². The van der Waals surface area contributed by atoms with Crippen LogP contribution in [0, 0.1) is 5.41 Å². The Morgan fingerprint density at radius 1 is 1.19 bits per heavy atom. The van der Waals surface area contributed by atoms with Crippen LogP contribution in [0.5, 0.6) is 0 Å². The van der Waals surface area contributed by atoms with Crippen molar-refractivity contribution in [2.75, 3.05) is 26.2 Å². The predicted molar refractivity (Wildman–Crippen MR) is 70.5 cm³/mol. The van der Waals surface area contributed by atoms with Gasteiger partial charge < -0.3 is 15.7 Å². The number of nitrogens with two attached hydrogens (primary N) is 1. The third kappa shape index (κ3) is 8.08. The molecule has 0 radical (unpaired) electrons. The first-order chi connectivity index (χ1) is 7.20. The molecule has 0 aromatic heterocycles. The van der Waals surface area contributed by atoms with Crippen LogP contribution in [-0.4, -0.2) is 41.8 Å². The van der Waals surface area contributed by atoms with Crippen molar-refractivity contribution >= 4 is 0 Å². The van der Waals surface area contributed by atoms with Crippen LogP contribution in [0.1, 0.15) is 47.5 Å². The summed E-state index contributed by atoms with van der Waals surface area (Å²) < 4.78 is 0. The van der Waals surface area contributed by atoms with Gasteiger partial charge in [0.1, 0.15) is 0 Å². The summed E-state index contributed by atoms with van der Waals surface area (Å²) in [5.41, 5.74) is 5.35. The summed E-state index contributed by atoms with van der Waals surface area (Å²) in [6.07, 6.45) is 2.29. The van der Waals surface area contributed by atoms with Gasteiger partial charge in [0.15, 0.2) is 0 Å². The lowest BCUT2D eigenvalue weighted by atomic mass is 9.88. The van der Waals surface area contributed by atoms with Crippen molar-refractivity contribution in [3.8, 4) is 0 Å². The average molecular weight is 230 g/mol. The van der Waals surface area contributed by atoms with E-state index in [4.69, 9.17) is 5.73 Å². The minimum absolute atomic E-state index is 0.244. The molecule has 0 unspecified atom stereocenters. The molecule has 0 rings (SSSR count). The van der Waals surface area contributed by atoms with Gasteiger partial charge in [0.05, 0.1) is 5.60 Å². The third-order valence-corrected chi connectivity index (χ3v) is 2.94. The zero-order valence-electron chi connectivity index (χ0n) is 11.7. The van der Waals surface area contributed by atoms with Crippen LogP contribution in [0.3, 0.4) is 0 Å². The molecule has 0 saturated carbocycles. The van der Waals surface area contributed by atoms with Gasteiger partial charge in [-0.25, -0.2) is 0 Å². The number of aliphatic hydroxyl groups is 1. The monoisotopic (exact) mass is 230 g/mol. The van der Waals surface area contributed by atoms with Crippen molar-refractivity contribution in [1.29, 1.82) is 0 Å². The summed E-state index contributed by atoms with van der Waals surface area (Å²) in [6.45, 7) is 13.8. The van der Waals surface area contributed by atoms with E-state index in [0.29, 0.717) is 0 Å². The first-order valence-corrected chi connectivity index (χ1v) is 6.35. The highest BCUT2D eigenvalue weighted by atomic mass is 16.3. The van der Waals surface area contributed by atoms with E-state index in [2.05, 4.69) is 25.7 Å². The molecule has 0 aromatic rings. The molecule has 0 aliphatic heterocycles. The van der Waals surface area contributed by atoms with Crippen molar-refractivity contribution in [1.82, 2.24) is 4.90 Å². The Morgan fingerprint density at radius 3 is 2.12 bits per heavy atom. The van der Waals surface area contributed by atoms with Crippen LogP contribution in [0.15, 0.2) is 0 Å². The molecule has 3 nitrogen and oxygen atoms in total. The summed E-state index contributed by atoms with van der Waals surface area (Å²) in [7, 11) is 0. The SMILES string of the molecule is CCN(CCCC(C)(C)CN)CC(C)(C)O. The first kappa shape index (κ1) is 15.9. The summed E-state index contributed by atoms with van der Waals surface area (Å²) >= 11 is 0. The maximum atomic E-state index is 9.76. The van der Waals surface area contributed by atoms with Gasteiger partial charge in [-0.2, -0.15) is 0 Å². The topological polar surface area (TPSA) is 49.5 Å². The van der Waals surface area contributed by atoms with Crippen molar-refractivity contribution in [3.63, 3.8) is 0 Å². The Hall–Kier alpha value is -0.120. The van der Waals surface area contributed by atoms with Crippen LogP contribution < -0.4 is 5.73 Å². The average Bonchev–Trinajstić information content (AvgIpc) is 2.14. The van der Waals surface area contributed by atoms with Gasteiger partial charge in [-0.15, -0.1) is 0 Å². The van der Waals surface area contributed by atoms with Crippen molar-refractivity contribution < 1.29 is 5.11 Å². The molecule has 0 aromatic carbocycles. The maximum Gasteiger partial charge on any atom is 0.0718 e. The van der Waals surface area contributed by atoms with Gasteiger partial charge in [-0.1, -0.05) is 20.8 Å². The Bertz CT molecular complexity index is 185. The number of hydrogen-bond acceptors (Lipinski definition) is 3. The van der Waals surface area contributed by atoms with E-state index in [1.54, 1.807) is 0 Å². The number of rotatable bonds is 8. The molecular weight excluding hydrogens is 200 g/mol. The molecule has 0 amide bonds. The van der Waals surface area contributed by atoms with Gasteiger partial charge in [0.25, 0.3) is 0 Å². The van der Waals surface area contributed by atoms with E-state index in [1.807, 2.05) is 13.8 Å². The molecule has 3 N–H and O–H groups in total. The molecule has 98 valence electrons. The molecule has 0 saturated heterocycles. The summed E-state index contributed by atoms with van der Waals surface area (Å²) in [4.78, 5) is 2.30. The van der Waals surface area contributed by atoms with Gasteiger partial charge in [0, 0.05) is 6.54 Å². The number of likely N-dealkylation sites (N-methyl/N-ethyl adjacent to an activating group) is 1. The minimum Gasteiger partial charge on any atom is -0.389 e. The fourth-order valence-electron chi connectivity index (χ4n) is 1.78. The van der Waals surface area contributed by atoms with E-state index < -0.39 is 5.60 Å². The van der Waals surface area contributed by atoms with E-state index >= 15 is 0 Å². The van der Waals surface area contributed by atoms with Crippen molar-refractivity contribution in [3.05, 3.63) is 0 Å². The molecule has 0 aliphatic carbocycles. The second kappa shape index (κ2) is 6.58. The molecule has 0 atom stereocenters. The van der Waals surface area contributed by atoms with E-state index in [9.17, 15) is 5.11 Å². The van der Waals surface area contributed by atoms with Crippen LogP contribution >= 0.6 is 0 Å². The number of hydrogen-bond donors (Lipinski definition) is 2. The Labute approximate surface area is 101 Å². The molecule has 0 aliphatic rings.